The summed E-state index contributed by atoms with van der Waals surface area (Å²) in [6.07, 6.45) is 15.1. The van der Waals surface area contributed by atoms with Crippen LogP contribution in [-0.4, -0.2) is 37.1 Å². The summed E-state index contributed by atoms with van der Waals surface area (Å²) in [4.78, 5) is 2.50. The molecule has 1 saturated carbocycles. The zero-order chi connectivity index (χ0) is 18.8. The fraction of sp³-hybridized carbons (Fsp3) is 1.00. The van der Waals surface area contributed by atoms with E-state index in [0.29, 0.717) is 11.0 Å². The normalized spacial score (nSPS) is 26.3. The predicted octanol–water partition coefficient (Wildman–Crippen LogP) is 6.25. The van der Waals surface area contributed by atoms with E-state index < -0.39 is 0 Å². The Bertz CT molecular complexity index is 333. The molecule has 150 valence electrons. The second-order valence-corrected chi connectivity index (χ2v) is 10.1. The monoisotopic (exact) mass is 352 g/mol. The minimum atomic E-state index is 0.376. The third-order valence-corrected chi connectivity index (χ3v) is 6.45. The van der Waals surface area contributed by atoms with Crippen LogP contribution in [0.3, 0.4) is 0 Å². The molecule has 25 heavy (non-hydrogen) atoms. The number of unbranched alkanes of at least 4 members (excludes halogenated alkanes) is 2. The molecule has 1 N–H and O–H groups in total. The molecule has 2 nitrogen and oxygen atoms in total. The van der Waals surface area contributed by atoms with E-state index >= 15 is 0 Å². The number of rotatable bonds is 9. The largest absolute Gasteiger partial charge is 0.312 e. The molecule has 0 bridgehead atoms. The SMILES string of the molecule is CCCCN(C)CCCCNC1(C)CCCCC(C(C)(C)C)CCC1. The van der Waals surface area contributed by atoms with Crippen LogP contribution < -0.4 is 5.32 Å². The van der Waals surface area contributed by atoms with Crippen molar-refractivity contribution in [2.45, 2.75) is 111 Å². The molecular weight excluding hydrogens is 304 g/mol. The van der Waals surface area contributed by atoms with Gasteiger partial charge in [0.2, 0.25) is 0 Å². The van der Waals surface area contributed by atoms with E-state index in [-0.39, 0.29) is 0 Å². The molecule has 0 aliphatic heterocycles. The van der Waals surface area contributed by atoms with Gasteiger partial charge >= 0.3 is 0 Å². The number of nitrogens with one attached hydrogen (secondary N) is 1. The molecule has 0 aromatic heterocycles. The maximum atomic E-state index is 3.95. The molecule has 1 aliphatic carbocycles. The van der Waals surface area contributed by atoms with Gasteiger partial charge in [-0.15, -0.1) is 0 Å². The number of hydrogen-bond acceptors (Lipinski definition) is 2. The minimum absolute atomic E-state index is 0.376. The summed E-state index contributed by atoms with van der Waals surface area (Å²) in [7, 11) is 2.27. The summed E-state index contributed by atoms with van der Waals surface area (Å²) in [6.45, 7) is 15.8. The molecule has 0 aromatic rings. The van der Waals surface area contributed by atoms with Crippen molar-refractivity contribution in [1.29, 1.82) is 0 Å². The smallest absolute Gasteiger partial charge is 0.0153 e. The van der Waals surface area contributed by atoms with E-state index in [1.807, 2.05) is 0 Å². The molecule has 2 unspecified atom stereocenters. The number of hydrogen-bond donors (Lipinski definition) is 1. The molecular formula is C23H48N2. The third-order valence-electron chi connectivity index (χ3n) is 6.45. The molecule has 0 amide bonds. The Hall–Kier alpha value is -0.0800. The molecule has 1 aliphatic rings. The lowest BCUT2D eigenvalue weighted by Gasteiger charge is -2.32. The van der Waals surface area contributed by atoms with Crippen molar-refractivity contribution in [1.82, 2.24) is 10.2 Å². The lowest BCUT2D eigenvalue weighted by molar-refractivity contribution is 0.203. The fourth-order valence-electron chi connectivity index (χ4n) is 4.39. The Morgan fingerprint density at radius 3 is 2.28 bits per heavy atom. The Labute approximate surface area is 159 Å². The Morgan fingerprint density at radius 1 is 0.960 bits per heavy atom. The van der Waals surface area contributed by atoms with Gasteiger partial charge in [-0.1, -0.05) is 53.4 Å². The Morgan fingerprint density at radius 2 is 1.60 bits per heavy atom. The quantitative estimate of drug-likeness (QED) is 0.493. The van der Waals surface area contributed by atoms with Crippen LogP contribution in [0.4, 0.5) is 0 Å². The highest BCUT2D eigenvalue weighted by atomic mass is 15.1. The Kier molecular flexibility index (Phi) is 10.6. The predicted molar refractivity (Wildman–Crippen MR) is 113 cm³/mol. The van der Waals surface area contributed by atoms with E-state index in [9.17, 15) is 0 Å². The van der Waals surface area contributed by atoms with Gasteiger partial charge in [-0.2, -0.15) is 0 Å². The van der Waals surface area contributed by atoms with Crippen molar-refractivity contribution >= 4 is 0 Å². The van der Waals surface area contributed by atoms with Gasteiger partial charge in [0, 0.05) is 5.54 Å². The van der Waals surface area contributed by atoms with Gasteiger partial charge in [-0.3, -0.25) is 0 Å². The second kappa shape index (κ2) is 11.6. The Balaban J connectivity index is 2.27. The van der Waals surface area contributed by atoms with Crippen LogP contribution in [0.25, 0.3) is 0 Å². The van der Waals surface area contributed by atoms with E-state index in [1.165, 1.54) is 90.3 Å². The van der Waals surface area contributed by atoms with Crippen molar-refractivity contribution in [3.05, 3.63) is 0 Å². The van der Waals surface area contributed by atoms with Crippen LogP contribution in [-0.2, 0) is 0 Å². The van der Waals surface area contributed by atoms with E-state index in [0.717, 1.165) is 5.92 Å². The molecule has 1 rings (SSSR count). The van der Waals surface area contributed by atoms with Gasteiger partial charge in [0.1, 0.15) is 0 Å². The molecule has 1 fully saturated rings. The van der Waals surface area contributed by atoms with E-state index in [2.05, 4.69) is 51.9 Å². The van der Waals surface area contributed by atoms with Crippen LogP contribution in [0.2, 0.25) is 0 Å². The first-order chi connectivity index (χ1) is 11.8. The van der Waals surface area contributed by atoms with Crippen molar-refractivity contribution < 1.29 is 0 Å². The molecule has 0 saturated heterocycles. The minimum Gasteiger partial charge on any atom is -0.312 e. The molecule has 0 spiro atoms. The van der Waals surface area contributed by atoms with Crippen molar-refractivity contribution in [2.75, 3.05) is 26.7 Å². The summed E-state index contributed by atoms with van der Waals surface area (Å²) in [5.74, 6) is 0.911. The maximum Gasteiger partial charge on any atom is 0.0153 e. The van der Waals surface area contributed by atoms with Crippen LogP contribution in [0, 0.1) is 11.3 Å². The van der Waals surface area contributed by atoms with Gasteiger partial charge in [-0.25, -0.2) is 0 Å². The fourth-order valence-corrected chi connectivity index (χ4v) is 4.39. The maximum absolute atomic E-state index is 3.95. The zero-order valence-electron chi connectivity index (χ0n) is 18.4. The van der Waals surface area contributed by atoms with Gasteiger partial charge in [0.15, 0.2) is 0 Å². The van der Waals surface area contributed by atoms with Crippen LogP contribution in [0.1, 0.15) is 105 Å². The van der Waals surface area contributed by atoms with Gasteiger partial charge < -0.3 is 10.2 Å². The summed E-state index contributed by atoms with van der Waals surface area (Å²) in [5, 5.41) is 3.95. The van der Waals surface area contributed by atoms with Gasteiger partial charge in [-0.05, 0) is 89.9 Å². The highest BCUT2D eigenvalue weighted by molar-refractivity contribution is 4.86. The molecule has 0 heterocycles. The summed E-state index contributed by atoms with van der Waals surface area (Å²) in [5.41, 5.74) is 0.860. The van der Waals surface area contributed by atoms with Crippen LogP contribution >= 0.6 is 0 Å². The van der Waals surface area contributed by atoms with Crippen LogP contribution in [0.5, 0.6) is 0 Å². The first kappa shape index (κ1) is 23.0. The summed E-state index contributed by atoms with van der Waals surface area (Å²) < 4.78 is 0. The molecule has 0 aromatic carbocycles. The first-order valence-electron chi connectivity index (χ1n) is 11.2. The van der Waals surface area contributed by atoms with E-state index in [1.54, 1.807) is 0 Å². The molecule has 2 atom stereocenters. The highest BCUT2D eigenvalue weighted by Crippen LogP contribution is 2.37. The topological polar surface area (TPSA) is 15.3 Å². The summed E-state index contributed by atoms with van der Waals surface area (Å²) in [6, 6.07) is 0. The lowest BCUT2D eigenvalue weighted by atomic mass is 9.75. The lowest BCUT2D eigenvalue weighted by Crippen LogP contribution is -2.43. The van der Waals surface area contributed by atoms with Crippen molar-refractivity contribution in [2.24, 2.45) is 11.3 Å². The van der Waals surface area contributed by atoms with Gasteiger partial charge in [0.25, 0.3) is 0 Å². The van der Waals surface area contributed by atoms with E-state index in [4.69, 9.17) is 0 Å². The average Bonchev–Trinajstić information content (AvgIpc) is 2.63. The van der Waals surface area contributed by atoms with Crippen LogP contribution in [0.15, 0.2) is 0 Å². The molecule has 0 radical (unpaired) electrons. The summed E-state index contributed by atoms with van der Waals surface area (Å²) >= 11 is 0. The average molecular weight is 353 g/mol. The van der Waals surface area contributed by atoms with Crippen molar-refractivity contribution in [3.8, 4) is 0 Å². The standard InChI is InChI=1S/C23H48N2/c1-7-8-19-25(6)20-12-11-18-24-23(5)16-10-9-14-21(15-13-17-23)22(2,3)4/h21,24H,7-20H2,1-6H3. The zero-order valence-corrected chi connectivity index (χ0v) is 18.4. The third kappa shape index (κ3) is 9.99. The van der Waals surface area contributed by atoms with Crippen molar-refractivity contribution in [3.63, 3.8) is 0 Å². The first-order valence-corrected chi connectivity index (χ1v) is 11.2. The highest BCUT2D eigenvalue weighted by Gasteiger charge is 2.29. The second-order valence-electron chi connectivity index (χ2n) is 10.1. The van der Waals surface area contributed by atoms with Gasteiger partial charge in [0.05, 0.1) is 0 Å². The number of nitrogens with zero attached hydrogens (tertiary/aromatic N) is 1. The molecule has 2 heteroatoms.